The van der Waals surface area contributed by atoms with E-state index in [1.54, 1.807) is 0 Å². The second-order valence-corrected chi connectivity index (χ2v) is 3.28. The minimum Gasteiger partial charge on any atom is -0.493 e. The third kappa shape index (κ3) is 2.23. The Kier molecular flexibility index (Phi) is 3.96. The maximum atomic E-state index is 13.3. The summed E-state index contributed by atoms with van der Waals surface area (Å²) in [7, 11) is 1.25. The van der Waals surface area contributed by atoms with Gasteiger partial charge in [0, 0.05) is 5.56 Å². The van der Waals surface area contributed by atoms with Gasteiger partial charge in [0.25, 0.3) is 0 Å². The van der Waals surface area contributed by atoms with Gasteiger partial charge in [-0.05, 0) is 12.1 Å². The van der Waals surface area contributed by atoms with E-state index in [9.17, 15) is 14.0 Å². The number of alkyl halides is 1. The minimum atomic E-state index is -0.660. The second-order valence-electron chi connectivity index (χ2n) is 2.72. The SMILES string of the molecule is COc1c(F)ccc(C=O)c1C(=O)CBr. The molecule has 3 nitrogen and oxygen atoms in total. The van der Waals surface area contributed by atoms with Crippen LogP contribution in [0.25, 0.3) is 0 Å². The monoisotopic (exact) mass is 274 g/mol. The number of carbonyl (C=O) groups is 2. The summed E-state index contributed by atoms with van der Waals surface area (Å²) in [6.07, 6.45) is 0.498. The van der Waals surface area contributed by atoms with Crippen LogP contribution in [0, 0.1) is 5.82 Å². The largest absolute Gasteiger partial charge is 0.493 e. The Hall–Kier alpha value is -1.23. The first-order chi connectivity index (χ1) is 7.15. The van der Waals surface area contributed by atoms with Crippen molar-refractivity contribution in [3.05, 3.63) is 29.1 Å². The number of aldehydes is 1. The van der Waals surface area contributed by atoms with Crippen molar-refractivity contribution in [2.75, 3.05) is 12.4 Å². The molecule has 0 aliphatic carbocycles. The summed E-state index contributed by atoms with van der Waals surface area (Å²) in [5.74, 6) is -1.25. The average Bonchev–Trinajstić information content (AvgIpc) is 2.27. The van der Waals surface area contributed by atoms with Gasteiger partial charge in [-0.2, -0.15) is 0 Å². The lowest BCUT2D eigenvalue weighted by molar-refractivity contribution is 0.101. The zero-order chi connectivity index (χ0) is 11.4. The molecule has 80 valence electrons. The molecule has 0 atom stereocenters. The highest BCUT2D eigenvalue weighted by molar-refractivity contribution is 9.09. The molecule has 5 heteroatoms. The van der Waals surface area contributed by atoms with E-state index < -0.39 is 11.6 Å². The predicted molar refractivity (Wildman–Crippen MR) is 56.5 cm³/mol. The van der Waals surface area contributed by atoms with E-state index >= 15 is 0 Å². The van der Waals surface area contributed by atoms with E-state index in [0.29, 0.717) is 6.29 Å². The number of methoxy groups -OCH3 is 1. The summed E-state index contributed by atoms with van der Waals surface area (Å²) in [4.78, 5) is 22.2. The molecule has 0 aromatic heterocycles. The summed E-state index contributed by atoms with van der Waals surface area (Å²) >= 11 is 2.96. The van der Waals surface area contributed by atoms with Crippen molar-refractivity contribution in [3.63, 3.8) is 0 Å². The van der Waals surface area contributed by atoms with Gasteiger partial charge in [-0.15, -0.1) is 0 Å². The van der Waals surface area contributed by atoms with Gasteiger partial charge in [0.15, 0.2) is 23.6 Å². The van der Waals surface area contributed by atoms with E-state index in [0.717, 1.165) is 6.07 Å². The molecule has 1 rings (SSSR count). The quantitative estimate of drug-likeness (QED) is 0.480. The van der Waals surface area contributed by atoms with Crippen LogP contribution in [-0.2, 0) is 0 Å². The number of hydrogen-bond donors (Lipinski definition) is 0. The summed E-state index contributed by atoms with van der Waals surface area (Å²) in [6.45, 7) is 0. The molecule has 1 aromatic carbocycles. The van der Waals surface area contributed by atoms with Crippen LogP contribution in [0.5, 0.6) is 5.75 Å². The van der Waals surface area contributed by atoms with Crippen molar-refractivity contribution in [1.29, 1.82) is 0 Å². The highest BCUT2D eigenvalue weighted by Crippen LogP contribution is 2.26. The van der Waals surface area contributed by atoms with Crippen LogP contribution in [0.3, 0.4) is 0 Å². The van der Waals surface area contributed by atoms with E-state index in [-0.39, 0.29) is 22.2 Å². The van der Waals surface area contributed by atoms with Crippen molar-refractivity contribution < 1.29 is 18.7 Å². The van der Waals surface area contributed by atoms with Gasteiger partial charge in [0.05, 0.1) is 18.0 Å². The molecule has 0 aliphatic rings. The third-order valence-corrected chi connectivity index (χ3v) is 2.38. The number of ether oxygens (including phenoxy) is 1. The molecule has 0 bridgehead atoms. The fourth-order valence-electron chi connectivity index (χ4n) is 1.22. The molecule has 15 heavy (non-hydrogen) atoms. The van der Waals surface area contributed by atoms with Crippen molar-refractivity contribution in [3.8, 4) is 5.75 Å². The average molecular weight is 275 g/mol. The Morgan fingerprint density at radius 2 is 2.27 bits per heavy atom. The lowest BCUT2D eigenvalue weighted by atomic mass is 10.0. The molecule has 1 aromatic rings. The molecule has 0 spiro atoms. The van der Waals surface area contributed by atoms with Crippen molar-refractivity contribution in [2.24, 2.45) is 0 Å². The lowest BCUT2D eigenvalue weighted by Crippen LogP contribution is -2.08. The van der Waals surface area contributed by atoms with Gasteiger partial charge in [-0.25, -0.2) is 4.39 Å². The first-order valence-electron chi connectivity index (χ1n) is 4.06. The van der Waals surface area contributed by atoms with Crippen molar-refractivity contribution in [1.82, 2.24) is 0 Å². The fraction of sp³-hybridized carbons (Fsp3) is 0.200. The molecular formula is C10H8BrFO3. The van der Waals surface area contributed by atoms with Crippen molar-refractivity contribution >= 4 is 28.0 Å². The standard InChI is InChI=1S/C10H8BrFO3/c1-15-10-7(12)3-2-6(5-13)9(10)8(14)4-11/h2-3,5H,4H2,1H3. The van der Waals surface area contributed by atoms with Crippen LogP contribution in [-0.4, -0.2) is 24.5 Å². The number of ketones is 1. The lowest BCUT2D eigenvalue weighted by Gasteiger charge is -2.09. The molecule has 0 radical (unpaired) electrons. The number of Topliss-reactive ketones (excluding diaryl/α,β-unsaturated/α-hetero) is 1. The molecule has 0 heterocycles. The minimum absolute atomic E-state index is 0.00759. The van der Waals surface area contributed by atoms with Gasteiger partial charge in [-0.1, -0.05) is 15.9 Å². The van der Waals surface area contributed by atoms with Crippen LogP contribution in [0.2, 0.25) is 0 Å². The highest BCUT2D eigenvalue weighted by atomic mass is 79.9. The Morgan fingerprint density at radius 3 is 2.73 bits per heavy atom. The summed E-state index contributed by atoms with van der Waals surface area (Å²) in [5, 5.41) is 0.00759. The Balaban J connectivity index is 3.46. The third-order valence-electron chi connectivity index (χ3n) is 1.87. The molecule has 0 saturated carbocycles. The van der Waals surface area contributed by atoms with E-state index in [1.807, 2.05) is 0 Å². The first-order valence-corrected chi connectivity index (χ1v) is 5.18. The summed E-state index contributed by atoms with van der Waals surface area (Å²) in [6, 6.07) is 2.34. The molecule has 0 amide bonds. The maximum Gasteiger partial charge on any atom is 0.177 e. The summed E-state index contributed by atoms with van der Waals surface area (Å²) < 4.78 is 18.0. The number of hydrogen-bond acceptors (Lipinski definition) is 3. The summed E-state index contributed by atoms with van der Waals surface area (Å²) in [5.41, 5.74) is 0.0991. The molecule has 0 unspecified atom stereocenters. The van der Waals surface area contributed by atoms with E-state index in [2.05, 4.69) is 15.9 Å². The van der Waals surface area contributed by atoms with Gasteiger partial charge >= 0.3 is 0 Å². The fourth-order valence-corrected chi connectivity index (χ4v) is 1.51. The molecule has 0 fully saturated rings. The zero-order valence-corrected chi connectivity index (χ0v) is 9.51. The van der Waals surface area contributed by atoms with Crippen LogP contribution >= 0.6 is 15.9 Å². The predicted octanol–water partition coefficient (Wildman–Crippen LogP) is 2.22. The molecule has 0 saturated heterocycles. The van der Waals surface area contributed by atoms with Crippen LogP contribution in [0.4, 0.5) is 4.39 Å². The molecule has 0 N–H and O–H groups in total. The van der Waals surface area contributed by atoms with Crippen LogP contribution in [0.15, 0.2) is 12.1 Å². The zero-order valence-electron chi connectivity index (χ0n) is 7.92. The Bertz CT molecular complexity index is 404. The van der Waals surface area contributed by atoms with Crippen LogP contribution < -0.4 is 4.74 Å². The van der Waals surface area contributed by atoms with E-state index in [4.69, 9.17) is 4.74 Å². The number of benzene rings is 1. The number of halogens is 2. The van der Waals surface area contributed by atoms with Gasteiger partial charge < -0.3 is 4.74 Å². The normalized spacial score (nSPS) is 9.80. The second kappa shape index (κ2) is 5.02. The topological polar surface area (TPSA) is 43.4 Å². The maximum absolute atomic E-state index is 13.3. The van der Waals surface area contributed by atoms with Gasteiger partial charge in [0.1, 0.15) is 0 Å². The first kappa shape index (κ1) is 11.8. The number of rotatable bonds is 4. The number of carbonyl (C=O) groups excluding carboxylic acids is 2. The van der Waals surface area contributed by atoms with Crippen molar-refractivity contribution in [2.45, 2.75) is 0 Å². The van der Waals surface area contributed by atoms with Gasteiger partial charge in [-0.3, -0.25) is 9.59 Å². The smallest absolute Gasteiger partial charge is 0.177 e. The highest BCUT2D eigenvalue weighted by Gasteiger charge is 2.19. The Morgan fingerprint density at radius 1 is 1.60 bits per heavy atom. The van der Waals surface area contributed by atoms with E-state index in [1.165, 1.54) is 13.2 Å². The molecular weight excluding hydrogens is 267 g/mol. The Labute approximate surface area is 94.4 Å². The molecule has 0 aliphatic heterocycles. The van der Waals surface area contributed by atoms with Crippen LogP contribution in [0.1, 0.15) is 20.7 Å². The van der Waals surface area contributed by atoms with Gasteiger partial charge in [0.2, 0.25) is 0 Å².